The average molecular weight is 842 g/mol. The number of hydrogen-bond donors (Lipinski definition) is 0. The van der Waals surface area contributed by atoms with Crippen LogP contribution in [0.15, 0.2) is 0 Å². The molecule has 0 aliphatic heterocycles. The molecule has 6 aliphatic carbocycles. The molecule has 6 fully saturated rings. The van der Waals surface area contributed by atoms with E-state index in [2.05, 4.69) is 145 Å². The Bertz CT molecular complexity index is 972. The molecule has 0 N–H and O–H groups in total. The molecular formula is C60H120. The van der Waals surface area contributed by atoms with E-state index in [0.717, 1.165) is 53.3 Å². The van der Waals surface area contributed by atoms with Gasteiger partial charge in [0.1, 0.15) is 0 Å². The zero-order chi connectivity index (χ0) is 46.2. The first kappa shape index (κ1) is 58.0. The van der Waals surface area contributed by atoms with Crippen molar-refractivity contribution in [1.29, 1.82) is 0 Å². The van der Waals surface area contributed by atoms with Crippen LogP contribution in [0.2, 0.25) is 0 Å². The highest BCUT2D eigenvalue weighted by Crippen LogP contribution is 2.44. The Labute approximate surface area is 383 Å². The maximum Gasteiger partial charge on any atom is -0.0340 e. The zero-order valence-corrected chi connectivity index (χ0v) is 46.2. The van der Waals surface area contributed by atoms with Gasteiger partial charge in [-0.3, -0.25) is 0 Å². The van der Waals surface area contributed by atoms with Crippen LogP contribution >= 0.6 is 0 Å². The number of rotatable bonds is 0. The van der Waals surface area contributed by atoms with Gasteiger partial charge in [-0.1, -0.05) is 242 Å². The molecule has 0 aromatic heterocycles. The van der Waals surface area contributed by atoms with Gasteiger partial charge in [0, 0.05) is 0 Å². The third-order valence-electron chi connectivity index (χ3n) is 17.4. The first-order chi connectivity index (χ1) is 27.4. The van der Waals surface area contributed by atoms with Gasteiger partial charge in [-0.05, 0) is 144 Å². The van der Waals surface area contributed by atoms with E-state index in [0.29, 0.717) is 32.5 Å². The van der Waals surface area contributed by atoms with Crippen molar-refractivity contribution in [2.75, 3.05) is 0 Å². The Morgan fingerprint density at radius 3 is 0.517 bits per heavy atom. The minimum absolute atomic E-state index is 0.542. The molecule has 0 aromatic rings. The van der Waals surface area contributed by atoms with Crippen molar-refractivity contribution in [3.8, 4) is 0 Å². The number of hydrogen-bond acceptors (Lipinski definition) is 0. The molecule has 6 atom stereocenters. The van der Waals surface area contributed by atoms with E-state index >= 15 is 0 Å². The Kier molecular flexibility index (Phi) is 25.4. The van der Waals surface area contributed by atoms with Gasteiger partial charge < -0.3 is 0 Å². The van der Waals surface area contributed by atoms with Crippen LogP contribution in [0.25, 0.3) is 0 Å². The van der Waals surface area contributed by atoms with Gasteiger partial charge in [-0.2, -0.15) is 0 Å². The molecule has 0 amide bonds. The van der Waals surface area contributed by atoms with Crippen molar-refractivity contribution in [1.82, 2.24) is 0 Å². The third-order valence-corrected chi connectivity index (χ3v) is 17.4. The second-order valence-electron chi connectivity index (χ2n) is 28.7. The Morgan fingerprint density at radius 1 is 0.200 bits per heavy atom. The molecule has 0 heterocycles. The molecule has 0 heteroatoms. The predicted molar refractivity (Wildman–Crippen MR) is 276 cm³/mol. The molecule has 6 saturated carbocycles. The summed E-state index contributed by atoms with van der Waals surface area (Å²) in [7, 11) is 0. The minimum Gasteiger partial charge on any atom is -0.0622 e. The summed E-state index contributed by atoms with van der Waals surface area (Å²) in [4.78, 5) is 0. The fraction of sp³-hybridized carbons (Fsp3) is 1.00. The van der Waals surface area contributed by atoms with Crippen LogP contribution in [0.5, 0.6) is 0 Å². The van der Waals surface area contributed by atoms with Gasteiger partial charge in [0.15, 0.2) is 0 Å². The van der Waals surface area contributed by atoms with Crippen molar-refractivity contribution in [2.45, 2.75) is 299 Å². The second-order valence-corrected chi connectivity index (χ2v) is 28.7. The summed E-state index contributed by atoms with van der Waals surface area (Å²) < 4.78 is 0. The molecule has 6 aliphatic rings. The molecule has 0 bridgehead atoms. The van der Waals surface area contributed by atoms with Gasteiger partial charge >= 0.3 is 0 Å². The molecule has 0 saturated heterocycles. The van der Waals surface area contributed by atoms with E-state index < -0.39 is 0 Å². The van der Waals surface area contributed by atoms with E-state index in [1.807, 2.05) is 0 Å². The van der Waals surface area contributed by atoms with E-state index in [1.54, 1.807) is 0 Å². The summed E-state index contributed by atoms with van der Waals surface area (Å²) in [5, 5.41) is 0. The fourth-order valence-corrected chi connectivity index (χ4v) is 12.8. The highest BCUT2D eigenvalue weighted by atomic mass is 14.4. The molecule has 6 rings (SSSR count). The topological polar surface area (TPSA) is 0 Å². The molecule has 0 aromatic carbocycles. The summed E-state index contributed by atoms with van der Waals surface area (Å²) >= 11 is 0. The van der Waals surface area contributed by atoms with E-state index in [-0.39, 0.29) is 0 Å². The molecule has 60 heavy (non-hydrogen) atoms. The zero-order valence-electron chi connectivity index (χ0n) is 46.2. The summed E-state index contributed by atoms with van der Waals surface area (Å²) in [5.74, 6) is 8.83. The molecule has 0 radical (unpaired) electrons. The summed E-state index contributed by atoms with van der Waals surface area (Å²) in [6.07, 6.45) is 35.3. The molecule has 0 nitrogen and oxygen atoms in total. The van der Waals surface area contributed by atoms with Crippen molar-refractivity contribution >= 4 is 0 Å². The highest BCUT2D eigenvalue weighted by Gasteiger charge is 2.34. The standard InChI is InChI=1S/3C11H22.C10H20.C9H18.C8H16/c3*1-9-7-5-6-8-10(9)11(2,3)4;1-10(2,3)9-7-5-4-6-8-9;1-9(2,3)8-6-4-5-7-8;1-8(2,3)7-5-4-6-7/h3*9-10H,5-8H2,1-4H3;9H,4-8H2,1-3H3;8H,4-7H2,1-3H3;7H,4-6H2,1-3H3/t9-,10+;9-,10-;;;;/m10..../s1. The third kappa shape index (κ3) is 23.3. The van der Waals surface area contributed by atoms with Crippen LogP contribution < -0.4 is 0 Å². The van der Waals surface area contributed by atoms with E-state index in [9.17, 15) is 0 Å². The van der Waals surface area contributed by atoms with Gasteiger partial charge in [0.05, 0.1) is 0 Å². The lowest BCUT2D eigenvalue weighted by Gasteiger charge is -2.38. The summed E-state index contributed by atoms with van der Waals surface area (Å²) in [6, 6.07) is 0. The Morgan fingerprint density at radius 2 is 0.383 bits per heavy atom. The summed E-state index contributed by atoms with van der Waals surface area (Å²) in [6.45, 7) is 50.0. The maximum atomic E-state index is 2.43. The van der Waals surface area contributed by atoms with E-state index in [4.69, 9.17) is 0 Å². The van der Waals surface area contributed by atoms with Gasteiger partial charge in [0.2, 0.25) is 0 Å². The molecule has 360 valence electrons. The summed E-state index contributed by atoms with van der Waals surface area (Å²) in [5.41, 5.74) is 3.37. The fourth-order valence-electron chi connectivity index (χ4n) is 12.8. The van der Waals surface area contributed by atoms with Crippen LogP contribution in [0.4, 0.5) is 0 Å². The average Bonchev–Trinajstić information content (AvgIpc) is 3.64. The predicted octanol–water partition coefficient (Wildman–Crippen LogP) is 21.2. The highest BCUT2D eigenvalue weighted by molar-refractivity contribution is 4.84. The molecular weight excluding hydrogens is 721 g/mol. The van der Waals surface area contributed by atoms with Crippen LogP contribution in [-0.4, -0.2) is 0 Å². The van der Waals surface area contributed by atoms with Gasteiger partial charge in [-0.25, -0.2) is 0 Å². The van der Waals surface area contributed by atoms with Gasteiger partial charge in [0.25, 0.3) is 0 Å². The lowest BCUT2D eigenvalue weighted by atomic mass is 9.67. The van der Waals surface area contributed by atoms with Crippen molar-refractivity contribution in [3.05, 3.63) is 0 Å². The normalized spacial score (nSPS) is 28.9. The van der Waals surface area contributed by atoms with Crippen LogP contribution in [0.1, 0.15) is 299 Å². The second kappa shape index (κ2) is 26.2. The SMILES string of the molecule is CC(C)(C)C1CCC1.CC(C)(C)C1CCCC1.CC(C)(C)C1CCCCC1.CC1CCCCC1C(C)(C)C.C[C@@H]1CCCC[C@@H]1C(C)(C)C.C[C@H]1CCCC[C@@H]1C(C)(C)C. The largest absolute Gasteiger partial charge is 0.0622 e. The Hall–Kier alpha value is 0. The lowest BCUT2D eigenvalue weighted by molar-refractivity contribution is 0.119. The van der Waals surface area contributed by atoms with Crippen molar-refractivity contribution < 1.29 is 0 Å². The molecule has 0 spiro atoms. The monoisotopic (exact) mass is 841 g/mol. The first-order valence-electron chi connectivity index (χ1n) is 27.4. The van der Waals surface area contributed by atoms with Gasteiger partial charge in [-0.15, -0.1) is 0 Å². The van der Waals surface area contributed by atoms with Crippen molar-refractivity contribution in [3.63, 3.8) is 0 Å². The van der Waals surface area contributed by atoms with E-state index in [1.165, 1.54) is 154 Å². The van der Waals surface area contributed by atoms with Crippen LogP contribution in [-0.2, 0) is 0 Å². The van der Waals surface area contributed by atoms with Crippen LogP contribution in [0, 0.1) is 85.8 Å². The smallest absolute Gasteiger partial charge is 0.0340 e. The van der Waals surface area contributed by atoms with Crippen LogP contribution in [0.3, 0.4) is 0 Å². The molecule has 2 unspecified atom stereocenters. The minimum atomic E-state index is 0.542. The quantitative estimate of drug-likeness (QED) is 0.228. The Balaban J connectivity index is 0.000000361. The maximum absolute atomic E-state index is 2.43. The lowest BCUT2D eigenvalue weighted by Crippen LogP contribution is -2.29. The first-order valence-corrected chi connectivity index (χ1v) is 27.4. The van der Waals surface area contributed by atoms with Crippen molar-refractivity contribution in [2.24, 2.45) is 85.8 Å².